The molecule has 17 heavy (non-hydrogen) atoms. The number of pyridine rings is 1. The fraction of sp³-hybridized carbons (Fsp3) is 0.643. The first-order chi connectivity index (χ1) is 8.19. The quantitative estimate of drug-likeness (QED) is 0.869. The van der Waals surface area contributed by atoms with Crippen LogP contribution < -0.4 is 0 Å². The van der Waals surface area contributed by atoms with Gasteiger partial charge in [0, 0.05) is 25.3 Å². The SMILES string of the molecule is CCC1CN(Cc2cccc(C)n2)CCC1O. The molecule has 2 rings (SSSR count). The highest BCUT2D eigenvalue weighted by molar-refractivity contribution is 5.09. The van der Waals surface area contributed by atoms with Gasteiger partial charge in [0.2, 0.25) is 0 Å². The summed E-state index contributed by atoms with van der Waals surface area (Å²) in [5, 5.41) is 9.85. The van der Waals surface area contributed by atoms with E-state index < -0.39 is 0 Å². The Bertz CT molecular complexity index is 367. The Kier molecular flexibility index (Phi) is 4.13. The fourth-order valence-corrected chi connectivity index (χ4v) is 2.56. The molecule has 0 aromatic carbocycles. The molecule has 0 radical (unpaired) electrons. The first-order valence-corrected chi connectivity index (χ1v) is 6.52. The van der Waals surface area contributed by atoms with Gasteiger partial charge in [0.15, 0.2) is 0 Å². The standard InChI is InChI=1S/C14H22N2O/c1-3-12-9-16(8-7-14(12)17)10-13-6-4-5-11(2)15-13/h4-6,12,14,17H,3,7-10H2,1-2H3. The number of nitrogens with zero attached hydrogens (tertiary/aromatic N) is 2. The van der Waals surface area contributed by atoms with E-state index in [1.807, 2.05) is 13.0 Å². The number of aryl methyl sites for hydroxylation is 1. The summed E-state index contributed by atoms with van der Waals surface area (Å²) in [7, 11) is 0. The van der Waals surface area contributed by atoms with Gasteiger partial charge >= 0.3 is 0 Å². The second-order valence-corrected chi connectivity index (χ2v) is 5.03. The molecule has 0 bridgehead atoms. The van der Waals surface area contributed by atoms with Crippen molar-refractivity contribution in [3.63, 3.8) is 0 Å². The molecule has 94 valence electrons. The van der Waals surface area contributed by atoms with Gasteiger partial charge in [-0.2, -0.15) is 0 Å². The van der Waals surface area contributed by atoms with Crippen LogP contribution in [0.4, 0.5) is 0 Å². The predicted molar refractivity (Wildman–Crippen MR) is 68.7 cm³/mol. The van der Waals surface area contributed by atoms with Gasteiger partial charge < -0.3 is 5.11 Å². The third-order valence-corrected chi connectivity index (χ3v) is 3.63. The Morgan fingerprint density at radius 1 is 1.47 bits per heavy atom. The minimum Gasteiger partial charge on any atom is -0.393 e. The number of aromatic nitrogens is 1. The van der Waals surface area contributed by atoms with E-state index in [0.29, 0.717) is 5.92 Å². The van der Waals surface area contributed by atoms with E-state index in [2.05, 4.69) is 28.9 Å². The Balaban J connectivity index is 1.95. The molecule has 1 aliphatic rings. The highest BCUT2D eigenvalue weighted by Gasteiger charge is 2.26. The second-order valence-electron chi connectivity index (χ2n) is 5.03. The summed E-state index contributed by atoms with van der Waals surface area (Å²) in [6, 6.07) is 6.17. The minimum absolute atomic E-state index is 0.110. The number of aliphatic hydroxyl groups is 1. The van der Waals surface area contributed by atoms with Crippen molar-refractivity contribution < 1.29 is 5.11 Å². The molecule has 3 heteroatoms. The molecule has 0 saturated carbocycles. The molecule has 1 saturated heterocycles. The topological polar surface area (TPSA) is 36.4 Å². The zero-order chi connectivity index (χ0) is 12.3. The van der Waals surface area contributed by atoms with Crippen LogP contribution in [0.5, 0.6) is 0 Å². The normalized spacial score (nSPS) is 26.1. The third-order valence-electron chi connectivity index (χ3n) is 3.63. The van der Waals surface area contributed by atoms with Crippen molar-refractivity contribution in [2.24, 2.45) is 5.92 Å². The lowest BCUT2D eigenvalue weighted by molar-refractivity contribution is 0.0217. The van der Waals surface area contributed by atoms with Crippen molar-refractivity contribution in [1.82, 2.24) is 9.88 Å². The van der Waals surface area contributed by atoms with Gasteiger partial charge in [-0.3, -0.25) is 9.88 Å². The Morgan fingerprint density at radius 3 is 3.00 bits per heavy atom. The molecule has 1 aromatic heterocycles. The van der Waals surface area contributed by atoms with Crippen LogP contribution in [0.1, 0.15) is 31.2 Å². The average Bonchev–Trinajstić information content (AvgIpc) is 2.32. The van der Waals surface area contributed by atoms with Crippen LogP contribution in [0.3, 0.4) is 0 Å². The van der Waals surface area contributed by atoms with E-state index in [-0.39, 0.29) is 6.10 Å². The van der Waals surface area contributed by atoms with E-state index in [9.17, 15) is 5.11 Å². The summed E-state index contributed by atoms with van der Waals surface area (Å²) in [5.41, 5.74) is 2.21. The molecular formula is C14H22N2O. The lowest BCUT2D eigenvalue weighted by atomic mass is 9.92. The van der Waals surface area contributed by atoms with Crippen molar-refractivity contribution in [2.75, 3.05) is 13.1 Å². The van der Waals surface area contributed by atoms with Gasteiger partial charge in [-0.25, -0.2) is 0 Å². The molecule has 0 aliphatic carbocycles. The zero-order valence-corrected chi connectivity index (χ0v) is 10.8. The molecule has 1 N–H and O–H groups in total. The van der Waals surface area contributed by atoms with Crippen LogP contribution >= 0.6 is 0 Å². The van der Waals surface area contributed by atoms with Gasteiger partial charge in [-0.05, 0) is 37.8 Å². The van der Waals surface area contributed by atoms with E-state index in [4.69, 9.17) is 0 Å². The van der Waals surface area contributed by atoms with Crippen LogP contribution in [0, 0.1) is 12.8 Å². The zero-order valence-electron chi connectivity index (χ0n) is 10.8. The summed E-state index contributed by atoms with van der Waals surface area (Å²) < 4.78 is 0. The summed E-state index contributed by atoms with van der Waals surface area (Å²) in [6.07, 6.45) is 1.84. The summed E-state index contributed by atoms with van der Waals surface area (Å²) >= 11 is 0. The number of hydrogen-bond donors (Lipinski definition) is 1. The van der Waals surface area contributed by atoms with E-state index in [0.717, 1.165) is 43.9 Å². The molecular weight excluding hydrogens is 212 g/mol. The maximum absolute atomic E-state index is 9.85. The number of aliphatic hydroxyl groups excluding tert-OH is 1. The number of hydrogen-bond acceptors (Lipinski definition) is 3. The molecule has 2 heterocycles. The average molecular weight is 234 g/mol. The van der Waals surface area contributed by atoms with Gasteiger partial charge in [-0.1, -0.05) is 13.0 Å². The molecule has 1 fully saturated rings. The van der Waals surface area contributed by atoms with Crippen LogP contribution in [0.2, 0.25) is 0 Å². The van der Waals surface area contributed by atoms with Gasteiger partial charge in [0.05, 0.1) is 11.8 Å². The highest BCUT2D eigenvalue weighted by atomic mass is 16.3. The molecule has 1 aliphatic heterocycles. The lowest BCUT2D eigenvalue weighted by Gasteiger charge is -2.35. The molecule has 0 amide bonds. The van der Waals surface area contributed by atoms with Crippen LogP contribution in [0.25, 0.3) is 0 Å². The summed E-state index contributed by atoms with van der Waals surface area (Å²) in [6.45, 7) is 7.06. The maximum Gasteiger partial charge on any atom is 0.0592 e. The molecule has 3 nitrogen and oxygen atoms in total. The van der Waals surface area contributed by atoms with E-state index >= 15 is 0 Å². The Labute approximate surface area is 103 Å². The van der Waals surface area contributed by atoms with Crippen LogP contribution in [-0.2, 0) is 6.54 Å². The van der Waals surface area contributed by atoms with Crippen molar-refractivity contribution in [1.29, 1.82) is 0 Å². The van der Waals surface area contributed by atoms with Crippen molar-refractivity contribution in [3.8, 4) is 0 Å². The molecule has 0 spiro atoms. The predicted octanol–water partition coefficient (Wildman–Crippen LogP) is 1.98. The molecule has 1 aromatic rings. The van der Waals surface area contributed by atoms with E-state index in [1.54, 1.807) is 0 Å². The highest BCUT2D eigenvalue weighted by Crippen LogP contribution is 2.21. The van der Waals surface area contributed by atoms with Gasteiger partial charge in [0.25, 0.3) is 0 Å². The largest absolute Gasteiger partial charge is 0.393 e. The Hall–Kier alpha value is -0.930. The van der Waals surface area contributed by atoms with Crippen LogP contribution in [-0.4, -0.2) is 34.2 Å². The van der Waals surface area contributed by atoms with Crippen LogP contribution in [0.15, 0.2) is 18.2 Å². The van der Waals surface area contributed by atoms with Crippen molar-refractivity contribution >= 4 is 0 Å². The molecule has 2 atom stereocenters. The van der Waals surface area contributed by atoms with Crippen molar-refractivity contribution in [2.45, 2.75) is 39.3 Å². The summed E-state index contributed by atoms with van der Waals surface area (Å²) in [5.74, 6) is 0.425. The minimum atomic E-state index is -0.110. The summed E-state index contributed by atoms with van der Waals surface area (Å²) in [4.78, 5) is 6.94. The molecule has 2 unspecified atom stereocenters. The number of piperidine rings is 1. The second kappa shape index (κ2) is 5.61. The maximum atomic E-state index is 9.85. The fourth-order valence-electron chi connectivity index (χ4n) is 2.56. The number of likely N-dealkylation sites (tertiary alicyclic amines) is 1. The Morgan fingerprint density at radius 2 is 2.29 bits per heavy atom. The smallest absolute Gasteiger partial charge is 0.0592 e. The first kappa shape index (κ1) is 12.5. The first-order valence-electron chi connectivity index (χ1n) is 6.52. The van der Waals surface area contributed by atoms with Gasteiger partial charge in [0.1, 0.15) is 0 Å². The third kappa shape index (κ3) is 3.27. The van der Waals surface area contributed by atoms with Gasteiger partial charge in [-0.15, -0.1) is 0 Å². The lowest BCUT2D eigenvalue weighted by Crippen LogP contribution is -2.42. The van der Waals surface area contributed by atoms with E-state index in [1.165, 1.54) is 0 Å². The van der Waals surface area contributed by atoms with Crippen molar-refractivity contribution in [3.05, 3.63) is 29.6 Å². The number of rotatable bonds is 3. The monoisotopic (exact) mass is 234 g/mol.